The molecule has 5 rings (SSSR count). The molecule has 0 radical (unpaired) electrons. The van der Waals surface area contributed by atoms with Crippen molar-refractivity contribution >= 4 is 23.2 Å². The van der Waals surface area contributed by atoms with E-state index in [0.717, 1.165) is 5.56 Å². The SMILES string of the molecule is O=C1[C@@H]2C[C@@H](CN2Cc2cc3c(cc2Cl)OCO3)N1c1ccccc1F. The minimum atomic E-state index is -0.362. The van der Waals surface area contributed by atoms with Crippen LogP contribution in [0.5, 0.6) is 11.5 Å². The van der Waals surface area contributed by atoms with Gasteiger partial charge in [0, 0.05) is 24.2 Å². The molecule has 0 saturated carbocycles. The molecule has 2 bridgehead atoms. The van der Waals surface area contributed by atoms with Crippen LogP contribution < -0.4 is 14.4 Å². The van der Waals surface area contributed by atoms with Crippen molar-refractivity contribution in [1.29, 1.82) is 0 Å². The minimum Gasteiger partial charge on any atom is -0.454 e. The zero-order valence-corrected chi connectivity index (χ0v) is 14.6. The second-order valence-corrected chi connectivity index (χ2v) is 7.20. The number of para-hydroxylation sites is 1. The van der Waals surface area contributed by atoms with Crippen LogP contribution >= 0.6 is 11.6 Å². The molecule has 0 unspecified atom stereocenters. The summed E-state index contributed by atoms with van der Waals surface area (Å²) in [6.07, 6.45) is 0.704. The fourth-order valence-electron chi connectivity index (χ4n) is 4.10. The Hall–Kier alpha value is -2.31. The highest BCUT2D eigenvalue weighted by atomic mass is 35.5. The highest BCUT2D eigenvalue weighted by Gasteiger charge is 2.50. The maximum atomic E-state index is 14.1. The average molecular weight is 375 g/mol. The second-order valence-electron chi connectivity index (χ2n) is 6.79. The van der Waals surface area contributed by atoms with Gasteiger partial charge in [-0.15, -0.1) is 0 Å². The molecule has 2 saturated heterocycles. The lowest BCUT2D eigenvalue weighted by Gasteiger charge is -2.34. The molecule has 2 fully saturated rings. The van der Waals surface area contributed by atoms with Gasteiger partial charge in [0.05, 0.1) is 17.8 Å². The van der Waals surface area contributed by atoms with E-state index in [1.807, 2.05) is 6.07 Å². The third-order valence-corrected chi connectivity index (χ3v) is 5.65. The number of hydrogen-bond acceptors (Lipinski definition) is 4. The number of carbonyl (C=O) groups is 1. The van der Waals surface area contributed by atoms with Gasteiger partial charge in [-0.1, -0.05) is 23.7 Å². The quantitative estimate of drug-likeness (QED) is 0.827. The van der Waals surface area contributed by atoms with Crippen molar-refractivity contribution in [3.8, 4) is 11.5 Å². The van der Waals surface area contributed by atoms with Crippen LogP contribution in [-0.4, -0.2) is 36.2 Å². The summed E-state index contributed by atoms with van der Waals surface area (Å²) in [5.41, 5.74) is 1.26. The number of halogens is 2. The maximum absolute atomic E-state index is 14.1. The van der Waals surface area contributed by atoms with Gasteiger partial charge in [0.15, 0.2) is 11.5 Å². The first-order valence-corrected chi connectivity index (χ1v) is 8.89. The first kappa shape index (κ1) is 15.9. The van der Waals surface area contributed by atoms with Gasteiger partial charge in [-0.2, -0.15) is 0 Å². The average Bonchev–Trinajstić information content (AvgIpc) is 3.31. The monoisotopic (exact) mass is 374 g/mol. The third kappa shape index (κ3) is 2.36. The number of anilines is 1. The molecule has 134 valence electrons. The zero-order valence-electron chi connectivity index (χ0n) is 13.8. The molecule has 3 aliphatic rings. The predicted molar refractivity (Wildman–Crippen MR) is 94.1 cm³/mol. The van der Waals surface area contributed by atoms with Crippen LogP contribution in [0.3, 0.4) is 0 Å². The Morgan fingerprint density at radius 1 is 1.19 bits per heavy atom. The van der Waals surface area contributed by atoms with E-state index in [9.17, 15) is 9.18 Å². The molecule has 26 heavy (non-hydrogen) atoms. The van der Waals surface area contributed by atoms with Gasteiger partial charge in [0.2, 0.25) is 12.7 Å². The number of nitrogens with zero attached hydrogens (tertiary/aromatic N) is 2. The summed E-state index contributed by atoms with van der Waals surface area (Å²) in [5.74, 6) is 0.901. The highest BCUT2D eigenvalue weighted by molar-refractivity contribution is 6.31. The number of amides is 1. The van der Waals surface area contributed by atoms with Crippen molar-refractivity contribution in [2.45, 2.75) is 25.0 Å². The third-order valence-electron chi connectivity index (χ3n) is 5.30. The number of piperazine rings is 1. The normalized spacial score (nSPS) is 23.9. The van der Waals surface area contributed by atoms with Crippen molar-refractivity contribution in [3.05, 3.63) is 52.8 Å². The van der Waals surface area contributed by atoms with Crippen LogP contribution in [0.15, 0.2) is 36.4 Å². The second kappa shape index (κ2) is 5.86. The van der Waals surface area contributed by atoms with E-state index in [1.54, 1.807) is 29.2 Å². The van der Waals surface area contributed by atoms with E-state index in [0.29, 0.717) is 41.7 Å². The molecule has 2 aromatic carbocycles. The highest BCUT2D eigenvalue weighted by Crippen LogP contribution is 2.40. The molecule has 3 heterocycles. The topological polar surface area (TPSA) is 42.0 Å². The van der Waals surface area contributed by atoms with Gasteiger partial charge in [-0.3, -0.25) is 9.69 Å². The van der Waals surface area contributed by atoms with Crippen molar-refractivity contribution < 1.29 is 18.7 Å². The van der Waals surface area contributed by atoms with Crippen LogP contribution in [0.2, 0.25) is 5.02 Å². The lowest BCUT2D eigenvalue weighted by Crippen LogP contribution is -2.50. The Morgan fingerprint density at radius 3 is 2.73 bits per heavy atom. The van der Waals surface area contributed by atoms with Gasteiger partial charge < -0.3 is 14.4 Å². The molecule has 1 amide bonds. The number of ether oxygens (including phenoxy) is 2. The Bertz CT molecular complexity index is 906. The Morgan fingerprint density at radius 2 is 1.96 bits per heavy atom. The lowest BCUT2D eigenvalue weighted by atomic mass is 10.1. The van der Waals surface area contributed by atoms with Crippen molar-refractivity contribution in [2.75, 3.05) is 18.2 Å². The number of fused-ring (bicyclic) bond motifs is 3. The number of benzene rings is 2. The number of likely N-dealkylation sites (tertiary alicyclic amines) is 1. The van der Waals surface area contributed by atoms with Crippen molar-refractivity contribution in [3.63, 3.8) is 0 Å². The van der Waals surface area contributed by atoms with Crippen LogP contribution in [0.1, 0.15) is 12.0 Å². The Kier molecular flexibility index (Phi) is 3.58. The number of rotatable bonds is 3. The summed E-state index contributed by atoms with van der Waals surface area (Å²) < 4.78 is 24.9. The van der Waals surface area contributed by atoms with Gasteiger partial charge >= 0.3 is 0 Å². The summed E-state index contributed by atoms with van der Waals surface area (Å²) >= 11 is 6.36. The largest absolute Gasteiger partial charge is 0.454 e. The lowest BCUT2D eigenvalue weighted by molar-refractivity contribution is -0.122. The first-order valence-electron chi connectivity index (χ1n) is 8.51. The fraction of sp³-hybridized carbons (Fsp3) is 0.316. The molecule has 3 aliphatic heterocycles. The van der Waals surface area contributed by atoms with Gasteiger partial charge in [-0.25, -0.2) is 4.39 Å². The van der Waals surface area contributed by atoms with Crippen LogP contribution in [0.4, 0.5) is 10.1 Å². The number of carbonyl (C=O) groups excluding carboxylic acids is 1. The van der Waals surface area contributed by atoms with E-state index in [2.05, 4.69) is 4.90 Å². The first-order chi connectivity index (χ1) is 12.6. The molecule has 7 heteroatoms. The van der Waals surface area contributed by atoms with E-state index in [4.69, 9.17) is 21.1 Å². The molecule has 0 aliphatic carbocycles. The summed E-state index contributed by atoms with van der Waals surface area (Å²) in [7, 11) is 0. The van der Waals surface area contributed by atoms with Gasteiger partial charge in [-0.05, 0) is 30.2 Å². The standard InChI is InChI=1S/C19H16ClFN2O3/c20-13-7-18-17(25-10-26-18)5-11(13)8-22-9-12-6-16(22)19(24)23(12)15-4-2-1-3-14(15)21/h1-5,7,12,16H,6,8-10H2/t12-,16-/m0/s1. The molecule has 2 atom stereocenters. The van der Waals surface area contributed by atoms with E-state index < -0.39 is 0 Å². The molecule has 5 nitrogen and oxygen atoms in total. The fourth-order valence-corrected chi connectivity index (χ4v) is 4.31. The molecule has 0 aromatic heterocycles. The zero-order chi connectivity index (χ0) is 17.8. The summed E-state index contributed by atoms with van der Waals surface area (Å²) in [5, 5.41) is 0.593. The van der Waals surface area contributed by atoms with Crippen molar-refractivity contribution in [2.24, 2.45) is 0 Å². The predicted octanol–water partition coefficient (Wildman–Crippen LogP) is 3.20. The van der Waals surface area contributed by atoms with E-state index in [1.165, 1.54) is 6.07 Å². The minimum absolute atomic E-state index is 0.0165. The summed E-state index contributed by atoms with van der Waals surface area (Å²) in [6, 6.07) is 9.79. The van der Waals surface area contributed by atoms with Crippen LogP contribution in [0, 0.1) is 5.82 Å². The molecular formula is C19H16ClFN2O3. The Balaban J connectivity index is 1.37. The van der Waals surface area contributed by atoms with Crippen LogP contribution in [-0.2, 0) is 11.3 Å². The smallest absolute Gasteiger partial charge is 0.244 e. The summed E-state index contributed by atoms with van der Waals surface area (Å²) in [4.78, 5) is 16.5. The molecular weight excluding hydrogens is 359 g/mol. The van der Waals surface area contributed by atoms with Crippen LogP contribution in [0.25, 0.3) is 0 Å². The Labute approximate surface area is 154 Å². The molecule has 0 N–H and O–H groups in total. The van der Waals surface area contributed by atoms with E-state index in [-0.39, 0.29) is 30.6 Å². The maximum Gasteiger partial charge on any atom is 0.244 e. The molecule has 2 aromatic rings. The molecule has 0 spiro atoms. The van der Waals surface area contributed by atoms with Gasteiger partial charge in [0.1, 0.15) is 5.82 Å². The van der Waals surface area contributed by atoms with Gasteiger partial charge in [0.25, 0.3) is 0 Å². The summed E-state index contributed by atoms with van der Waals surface area (Å²) in [6.45, 7) is 1.43. The van der Waals surface area contributed by atoms with E-state index >= 15 is 0 Å². The number of hydrogen-bond donors (Lipinski definition) is 0. The van der Waals surface area contributed by atoms with Crippen molar-refractivity contribution in [1.82, 2.24) is 4.90 Å².